The molecule has 6 nitrogen and oxygen atoms in total. The summed E-state index contributed by atoms with van der Waals surface area (Å²) < 4.78 is 0. The number of rotatable bonds is 11. The zero-order valence-corrected chi connectivity index (χ0v) is 24.7. The second-order valence-electron chi connectivity index (χ2n) is 11.7. The van der Waals surface area contributed by atoms with Crippen LogP contribution in [0.25, 0.3) is 10.8 Å². The minimum atomic E-state index is -0.957. The minimum absolute atomic E-state index is 0.0402. The Labute approximate surface area is 253 Å². The fourth-order valence-corrected chi connectivity index (χ4v) is 6.09. The average molecular weight is 577 g/mol. The van der Waals surface area contributed by atoms with Crippen molar-refractivity contribution in [1.82, 2.24) is 10.6 Å². The first-order chi connectivity index (χ1) is 20.9. The number of fused-ring (bicyclic) bond motifs is 1. The zero-order valence-electron chi connectivity index (χ0n) is 24.7. The summed E-state index contributed by atoms with van der Waals surface area (Å²) in [5, 5.41) is 17.0. The average Bonchev–Trinajstić information content (AvgIpc) is 3.04. The number of amides is 2. The van der Waals surface area contributed by atoms with Crippen LogP contribution >= 0.6 is 0 Å². The third kappa shape index (κ3) is 7.89. The van der Waals surface area contributed by atoms with Gasteiger partial charge in [0.15, 0.2) is 0 Å². The van der Waals surface area contributed by atoms with E-state index in [2.05, 4.69) is 65.2 Å². The van der Waals surface area contributed by atoms with E-state index in [1.54, 1.807) is 12.1 Å². The van der Waals surface area contributed by atoms with E-state index in [0.717, 1.165) is 22.1 Å². The van der Waals surface area contributed by atoms with Crippen molar-refractivity contribution in [3.05, 3.63) is 119 Å². The van der Waals surface area contributed by atoms with Crippen molar-refractivity contribution in [1.29, 1.82) is 0 Å². The number of hydrogen-bond acceptors (Lipinski definition) is 3. The van der Waals surface area contributed by atoms with Gasteiger partial charge in [0.1, 0.15) is 0 Å². The Kier molecular flexibility index (Phi) is 9.88. The Bertz CT molecular complexity index is 1560. The van der Waals surface area contributed by atoms with Gasteiger partial charge in [-0.15, -0.1) is 0 Å². The predicted octanol–water partition coefficient (Wildman–Crippen LogP) is 7.30. The summed E-state index contributed by atoms with van der Waals surface area (Å²) in [6.45, 7) is 2.09. The van der Waals surface area contributed by atoms with Gasteiger partial charge >= 0.3 is 5.97 Å². The third-order valence-corrected chi connectivity index (χ3v) is 8.64. The zero-order chi connectivity index (χ0) is 30.2. The molecule has 1 aliphatic carbocycles. The molecule has 2 atom stereocenters. The van der Waals surface area contributed by atoms with Crippen LogP contribution in [0.4, 0.5) is 0 Å². The number of carboxylic acid groups (broad SMARTS) is 1. The highest BCUT2D eigenvalue weighted by Crippen LogP contribution is 2.34. The minimum Gasteiger partial charge on any atom is -0.481 e. The van der Waals surface area contributed by atoms with E-state index in [-0.39, 0.29) is 30.8 Å². The Hall–Kier alpha value is -4.45. The summed E-state index contributed by atoms with van der Waals surface area (Å²) in [4.78, 5) is 37.1. The molecule has 1 saturated carbocycles. The number of hydrogen-bond donors (Lipinski definition) is 3. The molecule has 0 heterocycles. The van der Waals surface area contributed by atoms with E-state index in [4.69, 9.17) is 5.11 Å². The highest BCUT2D eigenvalue weighted by Gasteiger charge is 2.24. The van der Waals surface area contributed by atoms with E-state index in [1.807, 2.05) is 31.2 Å². The van der Waals surface area contributed by atoms with Crippen LogP contribution in [-0.2, 0) is 16.0 Å². The molecule has 2 amide bonds. The Morgan fingerprint density at radius 1 is 0.814 bits per heavy atom. The maximum atomic E-state index is 13.9. The van der Waals surface area contributed by atoms with Crippen molar-refractivity contribution >= 4 is 28.6 Å². The van der Waals surface area contributed by atoms with Crippen molar-refractivity contribution in [2.75, 3.05) is 6.54 Å². The molecule has 0 radical (unpaired) electrons. The molecule has 6 heteroatoms. The summed E-state index contributed by atoms with van der Waals surface area (Å²) >= 11 is 0. The van der Waals surface area contributed by atoms with E-state index < -0.39 is 11.9 Å². The van der Waals surface area contributed by atoms with Gasteiger partial charge in [-0.2, -0.15) is 0 Å². The second kappa shape index (κ2) is 14.1. The second-order valence-corrected chi connectivity index (χ2v) is 11.7. The number of carboxylic acids is 1. The molecular formula is C37H40N2O4. The quantitative estimate of drug-likeness (QED) is 0.175. The molecule has 5 rings (SSSR count). The number of carbonyl (C=O) groups excluding carboxylic acids is 2. The van der Waals surface area contributed by atoms with Crippen molar-refractivity contribution < 1.29 is 19.5 Å². The van der Waals surface area contributed by atoms with Crippen LogP contribution in [-0.4, -0.2) is 29.4 Å². The summed E-state index contributed by atoms with van der Waals surface area (Å²) in [6, 6.07) is 30.1. The lowest BCUT2D eigenvalue weighted by Crippen LogP contribution is -2.32. The Morgan fingerprint density at radius 2 is 1.49 bits per heavy atom. The fraction of sp³-hybridized carbons (Fsp3) is 0.324. The number of nitrogens with one attached hydrogen (secondary N) is 2. The molecule has 0 aliphatic heterocycles. The molecule has 222 valence electrons. The van der Waals surface area contributed by atoms with Gasteiger partial charge in [-0.1, -0.05) is 92.1 Å². The van der Waals surface area contributed by atoms with Crippen molar-refractivity contribution in [3.8, 4) is 0 Å². The molecule has 0 saturated heterocycles. The van der Waals surface area contributed by atoms with Crippen LogP contribution < -0.4 is 10.6 Å². The number of benzene rings is 4. The van der Waals surface area contributed by atoms with Crippen LogP contribution in [0.15, 0.2) is 91.0 Å². The molecular weight excluding hydrogens is 536 g/mol. The summed E-state index contributed by atoms with van der Waals surface area (Å²) in [6.07, 6.45) is 6.67. The lowest BCUT2D eigenvalue weighted by Gasteiger charge is -2.24. The molecule has 2 unspecified atom stereocenters. The van der Waals surface area contributed by atoms with E-state index >= 15 is 0 Å². The van der Waals surface area contributed by atoms with Crippen LogP contribution in [0.5, 0.6) is 0 Å². The maximum absolute atomic E-state index is 13.9. The van der Waals surface area contributed by atoms with Gasteiger partial charge < -0.3 is 15.7 Å². The Morgan fingerprint density at radius 3 is 2.19 bits per heavy atom. The molecule has 3 N–H and O–H groups in total. The monoisotopic (exact) mass is 576 g/mol. The summed E-state index contributed by atoms with van der Waals surface area (Å²) in [5.41, 5.74) is 4.77. The first-order valence-electron chi connectivity index (χ1n) is 15.4. The standard InChI is InChI=1S/C37H40N2O4/c1-25(32-20-17-28-9-5-6-10-33(28)24-32)39-37(43)34(30-18-15-29(16-19-30)27-7-3-2-4-8-27)23-26-11-13-31(14-12-26)36(42)38-22-21-35(40)41/h5-6,9-20,24-25,27,34H,2-4,7-8,21-23H2,1H3,(H,38,42)(H,39,43)(H,40,41). The largest absolute Gasteiger partial charge is 0.481 e. The summed E-state index contributed by atoms with van der Waals surface area (Å²) in [5.74, 6) is -1.12. The first-order valence-corrected chi connectivity index (χ1v) is 15.4. The van der Waals surface area contributed by atoms with E-state index in [0.29, 0.717) is 17.9 Å². The molecule has 4 aromatic rings. The topological polar surface area (TPSA) is 95.5 Å². The van der Waals surface area contributed by atoms with Crippen LogP contribution in [0.1, 0.15) is 95.9 Å². The molecule has 0 bridgehead atoms. The van der Waals surface area contributed by atoms with Gasteiger partial charge in [0.2, 0.25) is 5.91 Å². The van der Waals surface area contributed by atoms with Gasteiger partial charge in [0, 0.05) is 12.1 Å². The van der Waals surface area contributed by atoms with Crippen LogP contribution in [0.2, 0.25) is 0 Å². The molecule has 1 aliphatic rings. The normalized spacial score (nSPS) is 15.0. The van der Waals surface area contributed by atoms with Gasteiger partial charge in [-0.25, -0.2) is 0 Å². The van der Waals surface area contributed by atoms with Crippen molar-refractivity contribution in [3.63, 3.8) is 0 Å². The fourth-order valence-electron chi connectivity index (χ4n) is 6.09. The van der Waals surface area contributed by atoms with E-state index in [1.165, 1.54) is 43.1 Å². The van der Waals surface area contributed by atoms with Gasteiger partial charge in [0.25, 0.3) is 5.91 Å². The van der Waals surface area contributed by atoms with Gasteiger partial charge in [0.05, 0.1) is 18.4 Å². The lowest BCUT2D eigenvalue weighted by molar-refractivity contribution is -0.136. The number of carbonyl (C=O) groups is 3. The highest BCUT2D eigenvalue weighted by atomic mass is 16.4. The van der Waals surface area contributed by atoms with Crippen LogP contribution in [0, 0.1) is 0 Å². The summed E-state index contributed by atoms with van der Waals surface area (Å²) in [7, 11) is 0. The Balaban J connectivity index is 1.34. The SMILES string of the molecule is CC(NC(=O)C(Cc1ccc(C(=O)NCCC(=O)O)cc1)c1ccc(C2CCCCC2)cc1)c1ccc2ccccc2c1. The van der Waals surface area contributed by atoms with Gasteiger partial charge in [-0.3, -0.25) is 14.4 Å². The molecule has 43 heavy (non-hydrogen) atoms. The smallest absolute Gasteiger partial charge is 0.305 e. The van der Waals surface area contributed by atoms with Crippen LogP contribution in [0.3, 0.4) is 0 Å². The predicted molar refractivity (Wildman–Crippen MR) is 170 cm³/mol. The lowest BCUT2D eigenvalue weighted by atomic mass is 9.83. The molecule has 0 aromatic heterocycles. The maximum Gasteiger partial charge on any atom is 0.305 e. The highest BCUT2D eigenvalue weighted by molar-refractivity contribution is 5.94. The first kappa shape index (κ1) is 30.0. The van der Waals surface area contributed by atoms with E-state index in [9.17, 15) is 14.4 Å². The molecule has 1 fully saturated rings. The van der Waals surface area contributed by atoms with Gasteiger partial charge in [-0.05, 0) is 83.3 Å². The van der Waals surface area contributed by atoms with Crippen molar-refractivity contribution in [2.24, 2.45) is 0 Å². The number of aliphatic carboxylic acids is 1. The molecule has 4 aromatic carbocycles. The third-order valence-electron chi connectivity index (χ3n) is 8.64. The molecule has 0 spiro atoms. The van der Waals surface area contributed by atoms with Crippen molar-refractivity contribution in [2.45, 2.75) is 69.7 Å².